The molecule has 0 aliphatic carbocycles. The monoisotopic (exact) mass is 384 g/mol. The van der Waals surface area contributed by atoms with E-state index in [0.717, 1.165) is 4.47 Å². The lowest BCUT2D eigenvalue weighted by Crippen LogP contribution is -2.43. The van der Waals surface area contributed by atoms with Crippen LogP contribution in [0, 0.1) is 0 Å². The van der Waals surface area contributed by atoms with E-state index in [1.165, 1.54) is 0 Å². The number of ether oxygens (including phenoxy) is 2. The van der Waals surface area contributed by atoms with Gasteiger partial charge in [-0.3, -0.25) is 14.4 Å². The van der Waals surface area contributed by atoms with Crippen LogP contribution in [0.5, 0.6) is 0 Å². The summed E-state index contributed by atoms with van der Waals surface area (Å²) in [6.07, 6.45) is 0. The Morgan fingerprint density at radius 2 is 1.83 bits per heavy atom. The van der Waals surface area contributed by atoms with Gasteiger partial charge in [0, 0.05) is 23.1 Å². The number of halogens is 1. The molecule has 0 radical (unpaired) electrons. The lowest BCUT2D eigenvalue weighted by molar-refractivity contribution is -0.152. The number of carbonyl (C=O) groups is 3. The molecule has 0 bridgehead atoms. The highest BCUT2D eigenvalue weighted by Crippen LogP contribution is 2.10. The van der Waals surface area contributed by atoms with Crippen molar-refractivity contribution in [3.05, 3.63) is 34.3 Å². The molecule has 8 heteroatoms. The number of morpholine rings is 1. The van der Waals surface area contributed by atoms with Crippen LogP contribution in [-0.2, 0) is 19.1 Å². The molecule has 1 aromatic rings. The van der Waals surface area contributed by atoms with Gasteiger partial charge < -0.3 is 19.7 Å². The van der Waals surface area contributed by atoms with E-state index in [0.29, 0.717) is 31.9 Å². The van der Waals surface area contributed by atoms with Crippen molar-refractivity contribution in [1.29, 1.82) is 0 Å². The third kappa shape index (κ3) is 5.65. The largest absolute Gasteiger partial charge is 0.454 e. The second-order valence-corrected chi connectivity index (χ2v) is 5.76. The zero-order chi connectivity index (χ0) is 16.7. The number of nitrogens with one attached hydrogen (secondary N) is 1. The summed E-state index contributed by atoms with van der Waals surface area (Å²) >= 11 is 3.27. The summed E-state index contributed by atoms with van der Waals surface area (Å²) in [5.41, 5.74) is 0.436. The van der Waals surface area contributed by atoms with Crippen LogP contribution in [0.1, 0.15) is 10.4 Å². The molecule has 1 aliphatic rings. The number of amides is 2. The quantitative estimate of drug-likeness (QED) is 0.750. The summed E-state index contributed by atoms with van der Waals surface area (Å²) in [6, 6.07) is 6.72. The lowest BCUT2D eigenvalue weighted by atomic mass is 10.2. The Morgan fingerprint density at radius 1 is 1.17 bits per heavy atom. The van der Waals surface area contributed by atoms with Gasteiger partial charge in [-0.1, -0.05) is 15.9 Å². The molecule has 0 unspecified atom stereocenters. The van der Waals surface area contributed by atoms with Crippen molar-refractivity contribution in [2.75, 3.05) is 39.5 Å². The third-order valence-corrected chi connectivity index (χ3v) is 3.75. The fourth-order valence-electron chi connectivity index (χ4n) is 1.95. The first-order valence-corrected chi connectivity index (χ1v) is 7.90. The maximum atomic E-state index is 11.8. The second kappa shape index (κ2) is 8.64. The molecule has 1 fully saturated rings. The summed E-state index contributed by atoms with van der Waals surface area (Å²) in [6.45, 7) is 1.36. The van der Waals surface area contributed by atoms with Crippen molar-refractivity contribution >= 4 is 33.7 Å². The van der Waals surface area contributed by atoms with E-state index in [9.17, 15) is 14.4 Å². The number of rotatable bonds is 5. The Bertz CT molecular complexity index is 570. The fraction of sp³-hybridized carbons (Fsp3) is 0.400. The zero-order valence-electron chi connectivity index (χ0n) is 12.4. The lowest BCUT2D eigenvalue weighted by Gasteiger charge is -2.26. The first-order valence-electron chi connectivity index (χ1n) is 7.11. The standard InChI is InChI=1S/C15H17BrN2O5/c16-12-3-1-11(2-4-12)15(21)17-9-14(20)23-10-13(19)18-5-7-22-8-6-18/h1-4H,5-10H2,(H,17,21). The summed E-state index contributed by atoms with van der Waals surface area (Å²) in [7, 11) is 0. The molecule has 0 aromatic heterocycles. The molecule has 1 N–H and O–H groups in total. The molecule has 2 rings (SSSR count). The van der Waals surface area contributed by atoms with Crippen LogP contribution in [-0.4, -0.2) is 62.1 Å². The number of nitrogens with zero attached hydrogens (tertiary/aromatic N) is 1. The highest BCUT2D eigenvalue weighted by molar-refractivity contribution is 9.10. The predicted octanol–water partition coefficient (Wildman–Crippen LogP) is 0.581. The van der Waals surface area contributed by atoms with Crippen LogP contribution < -0.4 is 5.32 Å². The summed E-state index contributed by atoms with van der Waals surface area (Å²) in [5.74, 6) is -1.30. The van der Waals surface area contributed by atoms with Crippen LogP contribution in [0.2, 0.25) is 0 Å². The average molecular weight is 385 g/mol. The van der Waals surface area contributed by atoms with Gasteiger partial charge >= 0.3 is 5.97 Å². The molecule has 0 atom stereocenters. The predicted molar refractivity (Wildman–Crippen MR) is 84.8 cm³/mol. The number of esters is 1. The van der Waals surface area contributed by atoms with Gasteiger partial charge in [-0.2, -0.15) is 0 Å². The van der Waals surface area contributed by atoms with Crippen LogP contribution in [0.15, 0.2) is 28.7 Å². The number of hydrogen-bond acceptors (Lipinski definition) is 5. The molecular formula is C15H17BrN2O5. The van der Waals surface area contributed by atoms with Gasteiger partial charge in [-0.05, 0) is 24.3 Å². The van der Waals surface area contributed by atoms with E-state index >= 15 is 0 Å². The van der Waals surface area contributed by atoms with Gasteiger partial charge in [0.2, 0.25) is 0 Å². The number of carbonyl (C=O) groups excluding carboxylic acids is 3. The minimum Gasteiger partial charge on any atom is -0.454 e. The Kier molecular flexibility index (Phi) is 6.54. The Labute approximate surface area is 142 Å². The van der Waals surface area contributed by atoms with E-state index < -0.39 is 5.97 Å². The summed E-state index contributed by atoms with van der Waals surface area (Å²) in [5, 5.41) is 2.45. The normalized spacial score (nSPS) is 14.2. The van der Waals surface area contributed by atoms with Gasteiger partial charge in [0.25, 0.3) is 11.8 Å². The van der Waals surface area contributed by atoms with Crippen LogP contribution >= 0.6 is 15.9 Å². The Hall–Kier alpha value is -1.93. The van der Waals surface area contributed by atoms with Crippen LogP contribution in [0.4, 0.5) is 0 Å². The molecule has 0 saturated carbocycles. The van der Waals surface area contributed by atoms with E-state index in [1.807, 2.05) is 0 Å². The van der Waals surface area contributed by atoms with Crippen molar-refractivity contribution in [1.82, 2.24) is 10.2 Å². The number of benzene rings is 1. The van der Waals surface area contributed by atoms with Crippen molar-refractivity contribution < 1.29 is 23.9 Å². The Morgan fingerprint density at radius 3 is 2.48 bits per heavy atom. The van der Waals surface area contributed by atoms with Gasteiger partial charge in [0.15, 0.2) is 6.61 Å². The zero-order valence-corrected chi connectivity index (χ0v) is 14.0. The molecule has 23 heavy (non-hydrogen) atoms. The minimum atomic E-state index is -0.655. The van der Waals surface area contributed by atoms with Gasteiger partial charge in [0.05, 0.1) is 13.2 Å². The maximum Gasteiger partial charge on any atom is 0.325 e. The highest BCUT2D eigenvalue weighted by Gasteiger charge is 2.18. The van der Waals surface area contributed by atoms with Crippen LogP contribution in [0.3, 0.4) is 0 Å². The third-order valence-electron chi connectivity index (χ3n) is 3.22. The fourth-order valence-corrected chi connectivity index (χ4v) is 2.22. The Balaban J connectivity index is 1.69. The molecule has 1 aliphatic heterocycles. The first kappa shape index (κ1) is 17.4. The highest BCUT2D eigenvalue weighted by atomic mass is 79.9. The second-order valence-electron chi connectivity index (χ2n) is 4.84. The SMILES string of the molecule is O=C(CNC(=O)c1ccc(Br)cc1)OCC(=O)N1CCOCC1. The van der Waals surface area contributed by atoms with Gasteiger partial charge in [0.1, 0.15) is 6.54 Å². The maximum absolute atomic E-state index is 11.8. The molecular weight excluding hydrogens is 368 g/mol. The number of hydrogen-bond donors (Lipinski definition) is 1. The molecule has 7 nitrogen and oxygen atoms in total. The molecule has 2 amide bonds. The van der Waals surface area contributed by atoms with E-state index in [-0.39, 0.29) is 25.0 Å². The minimum absolute atomic E-state index is 0.263. The van der Waals surface area contributed by atoms with E-state index in [1.54, 1.807) is 29.2 Å². The molecule has 0 spiro atoms. The van der Waals surface area contributed by atoms with Crippen molar-refractivity contribution in [3.63, 3.8) is 0 Å². The van der Waals surface area contributed by atoms with E-state index in [2.05, 4.69) is 21.2 Å². The first-order chi connectivity index (χ1) is 11.1. The van der Waals surface area contributed by atoms with Crippen molar-refractivity contribution in [2.45, 2.75) is 0 Å². The topological polar surface area (TPSA) is 84.9 Å². The summed E-state index contributed by atoms with van der Waals surface area (Å²) < 4.78 is 10.9. The summed E-state index contributed by atoms with van der Waals surface area (Å²) in [4.78, 5) is 36.8. The van der Waals surface area contributed by atoms with Gasteiger partial charge in [-0.25, -0.2) is 0 Å². The molecule has 124 valence electrons. The molecule has 1 heterocycles. The van der Waals surface area contributed by atoms with Crippen LogP contribution in [0.25, 0.3) is 0 Å². The molecule has 1 saturated heterocycles. The molecule has 1 aromatic carbocycles. The van der Waals surface area contributed by atoms with Crippen molar-refractivity contribution in [3.8, 4) is 0 Å². The van der Waals surface area contributed by atoms with E-state index in [4.69, 9.17) is 9.47 Å². The van der Waals surface area contributed by atoms with Crippen molar-refractivity contribution in [2.24, 2.45) is 0 Å². The van der Waals surface area contributed by atoms with Gasteiger partial charge in [-0.15, -0.1) is 0 Å². The average Bonchev–Trinajstić information content (AvgIpc) is 2.59. The smallest absolute Gasteiger partial charge is 0.325 e.